The first kappa shape index (κ1) is 21.3. The minimum absolute atomic E-state index is 0.320. The standard InChI is InChI=1S/C21H27F3N4O2/c22-21(23,24)17-6-4-16(5-7-17)20-25-19(30-26-20)15-28-9-2-1-3-18(28)8-10-27-11-13-29-14-12-27/h4-7,18H,1-3,8-15H2. The van der Waals surface area contributed by atoms with Crippen LogP contribution in [0.15, 0.2) is 28.8 Å². The van der Waals surface area contributed by atoms with E-state index in [-0.39, 0.29) is 0 Å². The summed E-state index contributed by atoms with van der Waals surface area (Å²) in [4.78, 5) is 9.27. The summed E-state index contributed by atoms with van der Waals surface area (Å²) in [6.07, 6.45) is 0.272. The number of rotatable bonds is 6. The Morgan fingerprint density at radius 2 is 1.80 bits per heavy atom. The smallest absolute Gasteiger partial charge is 0.379 e. The minimum Gasteiger partial charge on any atom is -0.379 e. The molecule has 0 bridgehead atoms. The monoisotopic (exact) mass is 424 g/mol. The molecular formula is C21H27F3N4O2. The molecule has 9 heteroatoms. The number of halogens is 3. The van der Waals surface area contributed by atoms with Crippen molar-refractivity contribution in [3.63, 3.8) is 0 Å². The second kappa shape index (κ2) is 9.45. The van der Waals surface area contributed by atoms with E-state index in [2.05, 4.69) is 19.9 Å². The Morgan fingerprint density at radius 1 is 1.03 bits per heavy atom. The number of likely N-dealkylation sites (tertiary alicyclic amines) is 1. The molecule has 0 N–H and O–H groups in total. The van der Waals surface area contributed by atoms with Gasteiger partial charge in [-0.1, -0.05) is 23.7 Å². The SMILES string of the molecule is FC(F)(F)c1ccc(-c2noc(CN3CCCCC3CCN3CCOCC3)n2)cc1. The molecular weight excluding hydrogens is 397 g/mol. The van der Waals surface area contributed by atoms with Gasteiger partial charge in [0.2, 0.25) is 11.7 Å². The van der Waals surface area contributed by atoms with Crippen molar-refractivity contribution < 1.29 is 22.4 Å². The largest absolute Gasteiger partial charge is 0.416 e. The van der Waals surface area contributed by atoms with Crippen LogP contribution in [-0.2, 0) is 17.5 Å². The lowest BCUT2D eigenvalue weighted by atomic mass is 9.99. The van der Waals surface area contributed by atoms with E-state index in [0.717, 1.165) is 70.8 Å². The van der Waals surface area contributed by atoms with E-state index in [1.54, 1.807) is 0 Å². The molecule has 0 saturated carbocycles. The van der Waals surface area contributed by atoms with Crippen molar-refractivity contribution in [2.75, 3.05) is 39.4 Å². The number of nitrogens with zero attached hydrogens (tertiary/aromatic N) is 4. The molecule has 2 aliphatic heterocycles. The third-order valence-corrected chi connectivity index (χ3v) is 5.91. The lowest BCUT2D eigenvalue weighted by molar-refractivity contribution is -0.137. The number of ether oxygens (including phenoxy) is 1. The predicted molar refractivity (Wildman–Crippen MR) is 105 cm³/mol. The highest BCUT2D eigenvalue weighted by atomic mass is 19.4. The molecule has 0 aliphatic carbocycles. The molecule has 0 amide bonds. The maximum Gasteiger partial charge on any atom is 0.416 e. The molecule has 2 aromatic rings. The highest BCUT2D eigenvalue weighted by Crippen LogP contribution is 2.30. The van der Waals surface area contributed by atoms with E-state index in [1.807, 2.05) is 0 Å². The van der Waals surface area contributed by atoms with Gasteiger partial charge in [-0.15, -0.1) is 0 Å². The van der Waals surface area contributed by atoms with Gasteiger partial charge in [-0.2, -0.15) is 18.2 Å². The third kappa shape index (κ3) is 5.39. The Morgan fingerprint density at radius 3 is 2.53 bits per heavy atom. The van der Waals surface area contributed by atoms with Crippen molar-refractivity contribution in [1.29, 1.82) is 0 Å². The average Bonchev–Trinajstić information content (AvgIpc) is 3.22. The van der Waals surface area contributed by atoms with Crippen molar-refractivity contribution in [3.05, 3.63) is 35.7 Å². The molecule has 1 atom stereocenters. The molecule has 2 saturated heterocycles. The summed E-state index contributed by atoms with van der Waals surface area (Å²) in [5, 5.41) is 3.97. The van der Waals surface area contributed by atoms with E-state index in [4.69, 9.17) is 9.26 Å². The molecule has 3 heterocycles. The van der Waals surface area contributed by atoms with E-state index < -0.39 is 11.7 Å². The van der Waals surface area contributed by atoms with Gasteiger partial charge < -0.3 is 9.26 Å². The van der Waals surface area contributed by atoms with Crippen molar-refractivity contribution in [3.8, 4) is 11.4 Å². The Labute approximate surface area is 174 Å². The lowest BCUT2D eigenvalue weighted by Crippen LogP contribution is -2.43. The molecule has 2 fully saturated rings. The van der Waals surface area contributed by atoms with Gasteiger partial charge in [-0.05, 0) is 44.5 Å². The van der Waals surface area contributed by atoms with Crippen molar-refractivity contribution in [2.45, 2.75) is 44.4 Å². The summed E-state index contributed by atoms with van der Waals surface area (Å²) < 4.78 is 49.0. The summed E-state index contributed by atoms with van der Waals surface area (Å²) in [6.45, 7) is 6.23. The second-order valence-corrected chi connectivity index (χ2v) is 7.95. The van der Waals surface area contributed by atoms with E-state index in [0.29, 0.717) is 29.9 Å². The molecule has 164 valence electrons. The molecule has 1 aromatic carbocycles. The van der Waals surface area contributed by atoms with Crippen LogP contribution in [0.5, 0.6) is 0 Å². The quantitative estimate of drug-likeness (QED) is 0.703. The Bertz CT molecular complexity index is 803. The number of morpholine rings is 1. The van der Waals surface area contributed by atoms with Gasteiger partial charge in [0.15, 0.2) is 0 Å². The summed E-state index contributed by atoms with van der Waals surface area (Å²) in [7, 11) is 0. The first-order valence-corrected chi connectivity index (χ1v) is 10.5. The van der Waals surface area contributed by atoms with Crippen LogP contribution < -0.4 is 0 Å². The number of hydrogen-bond acceptors (Lipinski definition) is 6. The van der Waals surface area contributed by atoms with Gasteiger partial charge in [0, 0.05) is 24.7 Å². The molecule has 4 rings (SSSR count). The Kier molecular flexibility index (Phi) is 6.70. The fraction of sp³-hybridized carbons (Fsp3) is 0.619. The van der Waals surface area contributed by atoms with Crippen LogP contribution >= 0.6 is 0 Å². The predicted octanol–water partition coefficient (Wildman–Crippen LogP) is 3.83. The molecule has 0 radical (unpaired) electrons. The Hall–Kier alpha value is -1.97. The zero-order valence-corrected chi connectivity index (χ0v) is 16.9. The zero-order chi connectivity index (χ0) is 21.0. The summed E-state index contributed by atoms with van der Waals surface area (Å²) >= 11 is 0. The van der Waals surface area contributed by atoms with Gasteiger partial charge >= 0.3 is 6.18 Å². The van der Waals surface area contributed by atoms with E-state index in [9.17, 15) is 13.2 Å². The van der Waals surface area contributed by atoms with Crippen LogP contribution in [0.3, 0.4) is 0 Å². The van der Waals surface area contributed by atoms with Crippen LogP contribution in [0.25, 0.3) is 11.4 Å². The van der Waals surface area contributed by atoms with Gasteiger partial charge in [0.1, 0.15) is 0 Å². The molecule has 2 aliphatic rings. The molecule has 6 nitrogen and oxygen atoms in total. The average molecular weight is 424 g/mol. The highest BCUT2D eigenvalue weighted by molar-refractivity contribution is 5.54. The van der Waals surface area contributed by atoms with Crippen LogP contribution in [0.1, 0.15) is 37.1 Å². The van der Waals surface area contributed by atoms with Gasteiger partial charge in [0.05, 0.1) is 25.3 Å². The number of alkyl halides is 3. The summed E-state index contributed by atoms with van der Waals surface area (Å²) in [5.41, 5.74) is -0.174. The summed E-state index contributed by atoms with van der Waals surface area (Å²) in [5.74, 6) is 0.823. The molecule has 1 unspecified atom stereocenters. The Balaban J connectivity index is 1.36. The van der Waals surface area contributed by atoms with Gasteiger partial charge in [-0.25, -0.2) is 0 Å². The van der Waals surface area contributed by atoms with Crippen LogP contribution in [0.2, 0.25) is 0 Å². The first-order valence-electron chi connectivity index (χ1n) is 10.5. The van der Waals surface area contributed by atoms with E-state index >= 15 is 0 Å². The molecule has 0 spiro atoms. The summed E-state index contributed by atoms with van der Waals surface area (Å²) in [6, 6.07) is 5.31. The highest BCUT2D eigenvalue weighted by Gasteiger charge is 2.30. The minimum atomic E-state index is -4.36. The fourth-order valence-corrected chi connectivity index (χ4v) is 4.17. The van der Waals surface area contributed by atoms with Gasteiger partial charge in [0.25, 0.3) is 0 Å². The van der Waals surface area contributed by atoms with Gasteiger partial charge in [-0.3, -0.25) is 9.80 Å². The molecule has 1 aromatic heterocycles. The van der Waals surface area contributed by atoms with Crippen LogP contribution in [-0.4, -0.2) is 65.4 Å². The zero-order valence-electron chi connectivity index (χ0n) is 16.9. The maximum absolute atomic E-state index is 12.7. The van der Waals surface area contributed by atoms with E-state index in [1.165, 1.54) is 18.6 Å². The number of aromatic nitrogens is 2. The fourth-order valence-electron chi connectivity index (χ4n) is 4.17. The van der Waals surface area contributed by atoms with Crippen LogP contribution in [0.4, 0.5) is 13.2 Å². The van der Waals surface area contributed by atoms with Crippen molar-refractivity contribution in [1.82, 2.24) is 19.9 Å². The number of hydrogen-bond donors (Lipinski definition) is 0. The topological polar surface area (TPSA) is 54.6 Å². The van der Waals surface area contributed by atoms with Crippen molar-refractivity contribution >= 4 is 0 Å². The first-order chi connectivity index (χ1) is 14.5. The normalized spacial score (nSPS) is 21.8. The molecule has 30 heavy (non-hydrogen) atoms. The van der Waals surface area contributed by atoms with Crippen LogP contribution in [0, 0.1) is 0 Å². The lowest BCUT2D eigenvalue weighted by Gasteiger charge is -2.36. The number of benzene rings is 1. The van der Waals surface area contributed by atoms with Crippen molar-refractivity contribution in [2.24, 2.45) is 0 Å². The number of piperidine rings is 1. The third-order valence-electron chi connectivity index (χ3n) is 5.91. The second-order valence-electron chi connectivity index (χ2n) is 7.95. The maximum atomic E-state index is 12.7.